The molecule has 4 rings (SSSR count). The lowest BCUT2D eigenvalue weighted by molar-refractivity contribution is -0.121. The first-order valence-electron chi connectivity index (χ1n) is 12.4. The molecule has 0 aromatic rings. The van der Waals surface area contributed by atoms with Gasteiger partial charge in [-0.2, -0.15) is 0 Å². The van der Waals surface area contributed by atoms with Crippen LogP contribution >= 0.6 is 0 Å². The number of carbonyl (C=O) groups is 2. The van der Waals surface area contributed by atoms with E-state index in [1.165, 1.54) is 5.57 Å². The predicted molar refractivity (Wildman–Crippen MR) is 122 cm³/mol. The lowest BCUT2D eigenvalue weighted by atomic mass is 9.46. The number of carbonyl (C=O) groups excluding carboxylic acids is 2. The SMILES string of the molecule is CNC(=O)CCCCC#C[C@]1(O)CCC2C3CCC4=CC(=O)CC[C@]4(C)C3CC[C@@]21C. The molecule has 4 aliphatic carbocycles. The first-order chi connectivity index (χ1) is 14.7. The van der Waals surface area contributed by atoms with Gasteiger partial charge >= 0.3 is 0 Å². The van der Waals surface area contributed by atoms with Crippen molar-refractivity contribution in [2.45, 2.75) is 96.5 Å². The molecule has 31 heavy (non-hydrogen) atoms. The van der Waals surface area contributed by atoms with E-state index in [1.807, 2.05) is 6.08 Å². The number of aliphatic hydroxyl groups is 1. The van der Waals surface area contributed by atoms with Gasteiger partial charge in [0.2, 0.25) is 5.91 Å². The Morgan fingerprint density at radius 1 is 1.13 bits per heavy atom. The normalized spacial score (nSPS) is 41.2. The molecule has 0 bridgehead atoms. The number of amides is 1. The third kappa shape index (κ3) is 3.78. The van der Waals surface area contributed by atoms with E-state index in [0.29, 0.717) is 36.4 Å². The molecule has 0 saturated heterocycles. The van der Waals surface area contributed by atoms with Crippen LogP contribution in [0, 0.1) is 40.4 Å². The van der Waals surface area contributed by atoms with Gasteiger partial charge in [-0.25, -0.2) is 0 Å². The van der Waals surface area contributed by atoms with Crippen LogP contribution in [0.4, 0.5) is 0 Å². The van der Waals surface area contributed by atoms with E-state index in [2.05, 4.69) is 31.0 Å². The third-order valence-electron chi connectivity index (χ3n) is 9.64. The van der Waals surface area contributed by atoms with E-state index in [0.717, 1.165) is 64.2 Å². The summed E-state index contributed by atoms with van der Waals surface area (Å²) in [5.41, 5.74) is 0.558. The lowest BCUT2D eigenvalue weighted by Gasteiger charge is -2.58. The van der Waals surface area contributed by atoms with Crippen molar-refractivity contribution in [2.75, 3.05) is 7.05 Å². The minimum atomic E-state index is -0.886. The highest BCUT2D eigenvalue weighted by Gasteiger charge is 2.63. The molecule has 3 saturated carbocycles. The number of allylic oxidation sites excluding steroid dienone is 1. The average Bonchev–Trinajstić information content (AvgIpc) is 3.02. The Morgan fingerprint density at radius 3 is 2.68 bits per heavy atom. The zero-order valence-electron chi connectivity index (χ0n) is 19.6. The van der Waals surface area contributed by atoms with E-state index in [4.69, 9.17) is 0 Å². The highest BCUT2D eigenvalue weighted by atomic mass is 16.3. The zero-order valence-corrected chi connectivity index (χ0v) is 19.6. The first kappa shape index (κ1) is 22.6. The van der Waals surface area contributed by atoms with Crippen LogP contribution in [0.1, 0.15) is 90.9 Å². The number of fused-ring (bicyclic) bond motifs is 5. The van der Waals surface area contributed by atoms with Gasteiger partial charge in [0.15, 0.2) is 5.78 Å². The Labute approximate surface area is 187 Å². The molecule has 6 atom stereocenters. The first-order valence-corrected chi connectivity index (χ1v) is 12.4. The van der Waals surface area contributed by atoms with Gasteiger partial charge in [0.1, 0.15) is 5.60 Å². The molecule has 1 amide bonds. The van der Waals surface area contributed by atoms with Crippen LogP contribution < -0.4 is 5.32 Å². The summed E-state index contributed by atoms with van der Waals surface area (Å²) in [7, 11) is 1.67. The van der Waals surface area contributed by atoms with Gasteiger partial charge < -0.3 is 10.4 Å². The molecule has 0 spiro atoms. The van der Waals surface area contributed by atoms with E-state index in [9.17, 15) is 14.7 Å². The Kier molecular flexibility index (Phi) is 6.12. The molecule has 0 radical (unpaired) electrons. The number of unbranched alkanes of at least 4 members (excludes halogenated alkanes) is 2. The van der Waals surface area contributed by atoms with Crippen LogP contribution in [0.2, 0.25) is 0 Å². The average molecular weight is 426 g/mol. The van der Waals surface area contributed by atoms with Crippen molar-refractivity contribution < 1.29 is 14.7 Å². The monoisotopic (exact) mass is 425 g/mol. The van der Waals surface area contributed by atoms with Crippen LogP contribution in [0.5, 0.6) is 0 Å². The summed E-state index contributed by atoms with van der Waals surface area (Å²) < 4.78 is 0. The van der Waals surface area contributed by atoms with Crippen molar-refractivity contribution in [3.63, 3.8) is 0 Å². The fourth-order valence-corrected chi connectivity index (χ4v) is 7.61. The quantitative estimate of drug-likeness (QED) is 0.513. The molecule has 0 heterocycles. The van der Waals surface area contributed by atoms with Crippen LogP contribution in [0.15, 0.2) is 11.6 Å². The largest absolute Gasteiger partial charge is 0.377 e. The Hall–Kier alpha value is -1.60. The summed E-state index contributed by atoms with van der Waals surface area (Å²) in [6.45, 7) is 4.70. The fraction of sp³-hybridized carbons (Fsp3) is 0.778. The molecule has 0 aromatic carbocycles. The number of nitrogens with one attached hydrogen (secondary N) is 1. The molecule has 3 fully saturated rings. The molecule has 0 aliphatic heterocycles. The van der Waals surface area contributed by atoms with Crippen molar-refractivity contribution in [1.82, 2.24) is 5.32 Å². The molecule has 4 aliphatic rings. The van der Waals surface area contributed by atoms with Gasteiger partial charge in [-0.05, 0) is 87.0 Å². The van der Waals surface area contributed by atoms with Gasteiger partial charge in [-0.3, -0.25) is 9.59 Å². The summed E-state index contributed by atoms with van der Waals surface area (Å²) in [6.07, 6.45) is 12.9. The number of hydrogen-bond donors (Lipinski definition) is 2. The Bertz CT molecular complexity index is 835. The topological polar surface area (TPSA) is 66.4 Å². The summed E-state index contributed by atoms with van der Waals surface area (Å²) in [5.74, 6) is 8.77. The lowest BCUT2D eigenvalue weighted by Crippen LogP contribution is -2.54. The molecule has 2 N–H and O–H groups in total. The van der Waals surface area contributed by atoms with Gasteiger partial charge in [0, 0.05) is 31.7 Å². The Morgan fingerprint density at radius 2 is 1.90 bits per heavy atom. The van der Waals surface area contributed by atoms with Crippen molar-refractivity contribution >= 4 is 11.7 Å². The van der Waals surface area contributed by atoms with Crippen LogP contribution in [-0.4, -0.2) is 29.4 Å². The standard InChI is InChI=1S/C27H39NO3/c1-25-15-11-20(29)18-19(25)9-10-21-22(25)12-16-26(2)23(21)13-17-27(26,31)14-7-5-4-6-8-24(30)28-3/h18,21-23,31H,4-6,8-13,15-17H2,1-3H3,(H,28,30)/t21?,22?,23?,25-,26-,27-/m0/s1. The second kappa shape index (κ2) is 8.39. The summed E-state index contributed by atoms with van der Waals surface area (Å²) in [5, 5.41) is 14.3. The Balaban J connectivity index is 1.45. The van der Waals surface area contributed by atoms with E-state index in [-0.39, 0.29) is 16.7 Å². The van der Waals surface area contributed by atoms with Crippen LogP contribution in [0.3, 0.4) is 0 Å². The van der Waals surface area contributed by atoms with Gasteiger partial charge in [-0.15, -0.1) is 5.92 Å². The number of rotatable bonds is 4. The maximum atomic E-state index is 12.0. The highest BCUT2D eigenvalue weighted by Crippen LogP contribution is 2.67. The van der Waals surface area contributed by atoms with Crippen molar-refractivity contribution in [2.24, 2.45) is 28.6 Å². The zero-order chi connectivity index (χ0) is 22.3. The minimum absolute atomic E-state index is 0.0796. The van der Waals surface area contributed by atoms with E-state index < -0.39 is 5.60 Å². The number of ketones is 1. The maximum absolute atomic E-state index is 12.0. The van der Waals surface area contributed by atoms with Crippen LogP contribution in [-0.2, 0) is 9.59 Å². The molecule has 4 nitrogen and oxygen atoms in total. The van der Waals surface area contributed by atoms with Crippen molar-refractivity contribution in [3.8, 4) is 11.8 Å². The summed E-state index contributed by atoms with van der Waals surface area (Å²) in [4.78, 5) is 23.3. The molecule has 170 valence electrons. The summed E-state index contributed by atoms with van der Waals surface area (Å²) in [6, 6.07) is 0. The van der Waals surface area contributed by atoms with Gasteiger partial charge in [0.05, 0.1) is 0 Å². The predicted octanol–water partition coefficient (Wildman–Crippen LogP) is 4.56. The fourth-order valence-electron chi connectivity index (χ4n) is 7.61. The van der Waals surface area contributed by atoms with E-state index >= 15 is 0 Å². The molecule has 4 heteroatoms. The second-order valence-corrected chi connectivity index (χ2v) is 11.0. The highest BCUT2D eigenvalue weighted by molar-refractivity contribution is 5.91. The van der Waals surface area contributed by atoms with Gasteiger partial charge in [0.25, 0.3) is 0 Å². The van der Waals surface area contributed by atoms with Gasteiger partial charge in [-0.1, -0.05) is 25.3 Å². The maximum Gasteiger partial charge on any atom is 0.219 e. The molecular weight excluding hydrogens is 386 g/mol. The van der Waals surface area contributed by atoms with Crippen LogP contribution in [0.25, 0.3) is 0 Å². The molecule has 0 aromatic heterocycles. The van der Waals surface area contributed by atoms with Crippen molar-refractivity contribution in [1.29, 1.82) is 0 Å². The minimum Gasteiger partial charge on any atom is -0.377 e. The second-order valence-electron chi connectivity index (χ2n) is 11.0. The third-order valence-corrected chi connectivity index (χ3v) is 9.64. The van der Waals surface area contributed by atoms with Crippen molar-refractivity contribution in [3.05, 3.63) is 11.6 Å². The summed E-state index contributed by atoms with van der Waals surface area (Å²) >= 11 is 0. The molecular formula is C27H39NO3. The molecule has 3 unspecified atom stereocenters. The smallest absolute Gasteiger partial charge is 0.219 e. The van der Waals surface area contributed by atoms with E-state index in [1.54, 1.807) is 7.05 Å². The number of hydrogen-bond acceptors (Lipinski definition) is 3.